The third kappa shape index (κ3) is 4.21. The molecule has 1 atom stereocenters. The van der Waals surface area contributed by atoms with Gasteiger partial charge in [0.15, 0.2) is 5.16 Å². The van der Waals surface area contributed by atoms with Gasteiger partial charge in [0, 0.05) is 10.7 Å². The van der Waals surface area contributed by atoms with Crippen LogP contribution >= 0.6 is 23.4 Å². The summed E-state index contributed by atoms with van der Waals surface area (Å²) in [6, 6.07) is 16.8. The summed E-state index contributed by atoms with van der Waals surface area (Å²) in [6.07, 6.45) is 0. The topological polar surface area (TPSA) is 59.8 Å². The largest absolute Gasteiger partial charge is 0.325 e. The minimum Gasteiger partial charge on any atom is -0.325 e. The van der Waals surface area contributed by atoms with Crippen molar-refractivity contribution in [3.05, 3.63) is 65.4 Å². The standard InChI is InChI=1S/C18H17ClN4OS/c1-12(17(24)20-15-8-4-3-5-9-15)25-18-22-21-13(2)23(18)16-10-6-7-14(19)11-16/h3-12H,1-2H3,(H,20,24)/t12-/m1/s1. The molecule has 0 aliphatic carbocycles. The number of nitrogens with zero attached hydrogens (tertiary/aromatic N) is 3. The average molecular weight is 373 g/mol. The van der Waals surface area contributed by atoms with Crippen molar-refractivity contribution < 1.29 is 4.79 Å². The summed E-state index contributed by atoms with van der Waals surface area (Å²) in [5.74, 6) is 0.648. The van der Waals surface area contributed by atoms with E-state index < -0.39 is 0 Å². The smallest absolute Gasteiger partial charge is 0.237 e. The maximum atomic E-state index is 12.4. The summed E-state index contributed by atoms with van der Waals surface area (Å²) < 4.78 is 1.89. The Labute approximate surface area is 155 Å². The molecule has 1 aromatic heterocycles. The summed E-state index contributed by atoms with van der Waals surface area (Å²) >= 11 is 7.44. The number of thioether (sulfide) groups is 1. The molecule has 0 aliphatic rings. The highest BCUT2D eigenvalue weighted by atomic mass is 35.5. The first-order valence-corrected chi connectivity index (χ1v) is 9.01. The first kappa shape index (κ1) is 17.5. The van der Waals surface area contributed by atoms with Crippen molar-refractivity contribution in [1.29, 1.82) is 0 Å². The maximum absolute atomic E-state index is 12.4. The fraction of sp³-hybridized carbons (Fsp3) is 0.167. The van der Waals surface area contributed by atoms with E-state index in [9.17, 15) is 4.79 Å². The Morgan fingerprint density at radius 1 is 1.16 bits per heavy atom. The molecule has 1 amide bonds. The van der Waals surface area contributed by atoms with Gasteiger partial charge in [-0.05, 0) is 44.2 Å². The van der Waals surface area contributed by atoms with Crippen LogP contribution in [-0.4, -0.2) is 25.9 Å². The van der Waals surface area contributed by atoms with Crippen LogP contribution < -0.4 is 5.32 Å². The number of nitrogens with one attached hydrogen (secondary N) is 1. The van der Waals surface area contributed by atoms with Crippen LogP contribution in [0.1, 0.15) is 12.7 Å². The first-order chi connectivity index (χ1) is 12.0. The zero-order valence-electron chi connectivity index (χ0n) is 13.8. The lowest BCUT2D eigenvalue weighted by molar-refractivity contribution is -0.115. The maximum Gasteiger partial charge on any atom is 0.237 e. The Morgan fingerprint density at radius 2 is 1.92 bits per heavy atom. The van der Waals surface area contributed by atoms with E-state index in [1.165, 1.54) is 11.8 Å². The van der Waals surface area contributed by atoms with Gasteiger partial charge in [-0.25, -0.2) is 0 Å². The number of carbonyl (C=O) groups excluding carboxylic acids is 1. The Bertz CT molecular complexity index is 882. The van der Waals surface area contributed by atoms with Crippen LogP contribution in [0.2, 0.25) is 5.02 Å². The molecule has 1 N–H and O–H groups in total. The van der Waals surface area contributed by atoms with E-state index in [0.717, 1.165) is 17.2 Å². The Balaban J connectivity index is 1.78. The van der Waals surface area contributed by atoms with Gasteiger partial charge in [0.2, 0.25) is 5.91 Å². The van der Waals surface area contributed by atoms with Crippen molar-refractivity contribution in [2.45, 2.75) is 24.3 Å². The SMILES string of the molecule is Cc1nnc(S[C@H](C)C(=O)Nc2ccccc2)n1-c1cccc(Cl)c1. The van der Waals surface area contributed by atoms with Gasteiger partial charge in [-0.15, -0.1) is 10.2 Å². The minimum absolute atomic E-state index is 0.0884. The Hall–Kier alpha value is -2.31. The molecule has 3 aromatic rings. The second-order valence-corrected chi connectivity index (χ2v) is 7.20. The lowest BCUT2D eigenvalue weighted by Crippen LogP contribution is -2.22. The van der Waals surface area contributed by atoms with Crippen molar-refractivity contribution in [3.8, 4) is 5.69 Å². The van der Waals surface area contributed by atoms with Crippen LogP contribution in [0.4, 0.5) is 5.69 Å². The lowest BCUT2D eigenvalue weighted by Gasteiger charge is -2.13. The van der Waals surface area contributed by atoms with Crippen molar-refractivity contribution in [2.75, 3.05) is 5.32 Å². The number of halogens is 1. The van der Waals surface area contributed by atoms with Gasteiger partial charge in [-0.3, -0.25) is 9.36 Å². The third-order valence-electron chi connectivity index (χ3n) is 3.55. The van der Waals surface area contributed by atoms with Crippen LogP contribution in [0.3, 0.4) is 0 Å². The molecular weight excluding hydrogens is 356 g/mol. The summed E-state index contributed by atoms with van der Waals surface area (Å²) in [5.41, 5.74) is 1.64. The van der Waals surface area contributed by atoms with Crippen LogP contribution in [-0.2, 0) is 4.79 Å². The molecule has 0 spiro atoms. The molecule has 0 aliphatic heterocycles. The zero-order chi connectivity index (χ0) is 17.8. The van der Waals surface area contributed by atoms with Crippen molar-refractivity contribution in [3.63, 3.8) is 0 Å². The Kier molecular flexibility index (Phi) is 5.40. The van der Waals surface area contributed by atoms with Crippen molar-refractivity contribution in [2.24, 2.45) is 0 Å². The van der Waals surface area contributed by atoms with E-state index in [-0.39, 0.29) is 11.2 Å². The van der Waals surface area contributed by atoms with Gasteiger partial charge in [-0.1, -0.05) is 47.6 Å². The predicted molar refractivity (Wildman–Crippen MR) is 101 cm³/mol. The zero-order valence-corrected chi connectivity index (χ0v) is 15.4. The van der Waals surface area contributed by atoms with Gasteiger partial charge in [0.25, 0.3) is 0 Å². The third-order valence-corrected chi connectivity index (χ3v) is 4.83. The van der Waals surface area contributed by atoms with E-state index in [1.54, 1.807) is 0 Å². The number of amides is 1. The predicted octanol–water partition coefficient (Wildman–Crippen LogP) is 4.35. The van der Waals surface area contributed by atoms with Gasteiger partial charge >= 0.3 is 0 Å². The van der Waals surface area contributed by atoms with E-state index in [0.29, 0.717) is 10.2 Å². The molecule has 0 bridgehead atoms. The number of anilines is 1. The Morgan fingerprint density at radius 3 is 2.64 bits per heavy atom. The molecule has 5 nitrogen and oxygen atoms in total. The van der Waals surface area contributed by atoms with E-state index in [1.807, 2.05) is 73.0 Å². The number of aryl methyl sites for hydroxylation is 1. The molecule has 1 heterocycles. The molecule has 0 saturated heterocycles. The van der Waals surface area contributed by atoms with E-state index in [2.05, 4.69) is 15.5 Å². The quantitative estimate of drug-likeness (QED) is 0.676. The number of para-hydroxylation sites is 1. The highest BCUT2D eigenvalue weighted by molar-refractivity contribution is 8.00. The fourth-order valence-corrected chi connectivity index (χ4v) is 3.41. The average Bonchev–Trinajstić information content (AvgIpc) is 2.96. The molecule has 0 saturated carbocycles. The van der Waals surface area contributed by atoms with Crippen molar-refractivity contribution >= 4 is 35.0 Å². The second kappa shape index (κ2) is 7.72. The molecule has 128 valence electrons. The summed E-state index contributed by atoms with van der Waals surface area (Å²) in [4.78, 5) is 12.4. The van der Waals surface area contributed by atoms with Crippen LogP contribution in [0, 0.1) is 6.92 Å². The monoisotopic (exact) mass is 372 g/mol. The van der Waals surface area contributed by atoms with E-state index in [4.69, 9.17) is 11.6 Å². The molecular formula is C18H17ClN4OS. The summed E-state index contributed by atoms with van der Waals surface area (Å²) in [7, 11) is 0. The van der Waals surface area contributed by atoms with Crippen LogP contribution in [0.15, 0.2) is 59.8 Å². The second-order valence-electron chi connectivity index (χ2n) is 5.46. The number of hydrogen-bond acceptors (Lipinski definition) is 4. The van der Waals surface area contributed by atoms with Gasteiger partial charge < -0.3 is 5.32 Å². The van der Waals surface area contributed by atoms with Crippen LogP contribution in [0.5, 0.6) is 0 Å². The number of hydrogen-bond donors (Lipinski definition) is 1. The molecule has 0 fully saturated rings. The van der Waals surface area contributed by atoms with Crippen molar-refractivity contribution in [1.82, 2.24) is 14.8 Å². The highest BCUT2D eigenvalue weighted by Crippen LogP contribution is 2.27. The van der Waals surface area contributed by atoms with Crippen LogP contribution in [0.25, 0.3) is 5.69 Å². The molecule has 0 radical (unpaired) electrons. The molecule has 2 aromatic carbocycles. The molecule has 0 unspecified atom stereocenters. The molecule has 3 rings (SSSR count). The highest BCUT2D eigenvalue weighted by Gasteiger charge is 2.20. The fourth-order valence-electron chi connectivity index (χ4n) is 2.31. The van der Waals surface area contributed by atoms with Gasteiger partial charge in [0.05, 0.1) is 10.9 Å². The summed E-state index contributed by atoms with van der Waals surface area (Å²) in [6.45, 7) is 3.71. The summed E-state index contributed by atoms with van der Waals surface area (Å²) in [5, 5.41) is 12.2. The van der Waals surface area contributed by atoms with E-state index >= 15 is 0 Å². The van der Waals surface area contributed by atoms with Gasteiger partial charge in [-0.2, -0.15) is 0 Å². The number of carbonyl (C=O) groups is 1. The molecule has 7 heteroatoms. The first-order valence-electron chi connectivity index (χ1n) is 7.75. The molecule has 25 heavy (non-hydrogen) atoms. The minimum atomic E-state index is -0.332. The normalized spacial score (nSPS) is 12.0. The lowest BCUT2D eigenvalue weighted by atomic mass is 10.3. The van der Waals surface area contributed by atoms with Gasteiger partial charge in [0.1, 0.15) is 5.82 Å². The number of rotatable bonds is 5. The number of benzene rings is 2. The number of aromatic nitrogens is 3.